The third-order valence-corrected chi connectivity index (χ3v) is 3.26. The highest BCUT2D eigenvalue weighted by molar-refractivity contribution is 5.86. The molecule has 0 bridgehead atoms. The van der Waals surface area contributed by atoms with Gasteiger partial charge >= 0.3 is 5.97 Å². The van der Waals surface area contributed by atoms with Gasteiger partial charge in [0.25, 0.3) is 0 Å². The van der Waals surface area contributed by atoms with Crippen LogP contribution in [0.1, 0.15) is 29.0 Å². The second-order valence-corrected chi connectivity index (χ2v) is 4.37. The number of hydrogen-bond acceptors (Lipinski definition) is 2. The molecule has 0 unspecified atom stereocenters. The Morgan fingerprint density at radius 1 is 1.31 bits per heavy atom. The maximum atomic E-state index is 11.0. The second kappa shape index (κ2) is 4.70. The fourth-order valence-electron chi connectivity index (χ4n) is 2.30. The van der Waals surface area contributed by atoms with E-state index in [2.05, 4.69) is 4.90 Å². The van der Waals surface area contributed by atoms with Crippen molar-refractivity contribution in [2.24, 2.45) is 0 Å². The number of aromatic carboxylic acids is 1. The molecule has 0 radical (unpaired) electrons. The van der Waals surface area contributed by atoms with Gasteiger partial charge in [0.05, 0.1) is 0 Å². The molecule has 1 aliphatic rings. The summed E-state index contributed by atoms with van der Waals surface area (Å²) < 4.78 is 1.89. The van der Waals surface area contributed by atoms with E-state index in [1.54, 1.807) is 6.07 Å². The highest BCUT2D eigenvalue weighted by Gasteiger charge is 2.14. The van der Waals surface area contributed by atoms with Crippen molar-refractivity contribution in [1.82, 2.24) is 9.47 Å². The SMILES string of the molecule is Cc1ccc(C(=O)O)n1CCN1CCCC1. The molecule has 1 aromatic rings. The van der Waals surface area contributed by atoms with E-state index in [-0.39, 0.29) is 0 Å². The first-order valence-electron chi connectivity index (χ1n) is 5.80. The van der Waals surface area contributed by atoms with Crippen LogP contribution in [0.2, 0.25) is 0 Å². The number of hydrogen-bond donors (Lipinski definition) is 1. The van der Waals surface area contributed by atoms with Gasteiger partial charge in [0.2, 0.25) is 0 Å². The molecule has 16 heavy (non-hydrogen) atoms. The van der Waals surface area contributed by atoms with Crippen molar-refractivity contribution in [1.29, 1.82) is 0 Å². The predicted octanol–water partition coefficient (Wildman–Crippen LogP) is 1.59. The van der Waals surface area contributed by atoms with Crippen LogP contribution in [0.4, 0.5) is 0 Å². The molecule has 1 fully saturated rings. The van der Waals surface area contributed by atoms with Gasteiger partial charge in [-0.1, -0.05) is 0 Å². The van der Waals surface area contributed by atoms with Gasteiger partial charge in [-0.25, -0.2) is 4.79 Å². The zero-order valence-corrected chi connectivity index (χ0v) is 9.65. The minimum atomic E-state index is -0.838. The van der Waals surface area contributed by atoms with Crippen molar-refractivity contribution < 1.29 is 9.90 Å². The largest absolute Gasteiger partial charge is 0.477 e. The van der Waals surface area contributed by atoms with Gasteiger partial charge in [-0.15, -0.1) is 0 Å². The summed E-state index contributed by atoms with van der Waals surface area (Å²) in [5, 5.41) is 9.04. The van der Waals surface area contributed by atoms with E-state index in [4.69, 9.17) is 5.11 Å². The molecule has 1 aromatic heterocycles. The van der Waals surface area contributed by atoms with Crippen LogP contribution in [0.3, 0.4) is 0 Å². The molecular formula is C12H18N2O2. The van der Waals surface area contributed by atoms with E-state index >= 15 is 0 Å². The standard InChI is InChI=1S/C12H18N2O2/c1-10-4-5-11(12(15)16)14(10)9-8-13-6-2-3-7-13/h4-5H,2-3,6-9H2,1H3,(H,15,16). The summed E-state index contributed by atoms with van der Waals surface area (Å²) in [6, 6.07) is 3.55. The molecular weight excluding hydrogens is 204 g/mol. The molecule has 1 saturated heterocycles. The summed E-state index contributed by atoms with van der Waals surface area (Å²) in [7, 11) is 0. The van der Waals surface area contributed by atoms with Gasteiger partial charge in [-0.3, -0.25) is 0 Å². The zero-order valence-electron chi connectivity index (χ0n) is 9.65. The molecule has 0 aromatic carbocycles. The molecule has 4 nitrogen and oxygen atoms in total. The van der Waals surface area contributed by atoms with Crippen LogP contribution in [0, 0.1) is 6.92 Å². The minimum Gasteiger partial charge on any atom is -0.477 e. The van der Waals surface area contributed by atoms with Crippen LogP contribution in [-0.2, 0) is 6.54 Å². The minimum absolute atomic E-state index is 0.400. The lowest BCUT2D eigenvalue weighted by Gasteiger charge is -2.16. The van der Waals surface area contributed by atoms with Crippen molar-refractivity contribution >= 4 is 5.97 Å². The summed E-state index contributed by atoms with van der Waals surface area (Å²) in [6.45, 7) is 6.00. The van der Waals surface area contributed by atoms with Gasteiger partial charge in [0.15, 0.2) is 0 Å². The number of carboxylic acids is 1. The molecule has 0 spiro atoms. The Bertz CT molecular complexity index is 378. The Balaban J connectivity index is 2.02. The molecule has 1 N–H and O–H groups in total. The first-order valence-corrected chi connectivity index (χ1v) is 5.80. The monoisotopic (exact) mass is 222 g/mol. The number of carboxylic acid groups (broad SMARTS) is 1. The number of carbonyl (C=O) groups is 1. The molecule has 0 aliphatic carbocycles. The summed E-state index contributed by atoms with van der Waals surface area (Å²) in [6.07, 6.45) is 2.55. The van der Waals surface area contributed by atoms with Gasteiger partial charge in [0, 0.05) is 18.8 Å². The van der Waals surface area contributed by atoms with Crippen molar-refractivity contribution in [2.75, 3.05) is 19.6 Å². The highest BCUT2D eigenvalue weighted by Crippen LogP contribution is 2.11. The van der Waals surface area contributed by atoms with Crippen LogP contribution in [0.15, 0.2) is 12.1 Å². The van der Waals surface area contributed by atoms with Crippen LogP contribution >= 0.6 is 0 Å². The number of rotatable bonds is 4. The first kappa shape index (κ1) is 11.2. The maximum Gasteiger partial charge on any atom is 0.352 e. The average Bonchev–Trinajstić information content (AvgIpc) is 2.84. The Kier molecular flexibility index (Phi) is 3.29. The number of aromatic nitrogens is 1. The lowest BCUT2D eigenvalue weighted by molar-refractivity contribution is 0.0684. The third kappa shape index (κ3) is 2.27. The molecule has 1 aliphatic heterocycles. The van der Waals surface area contributed by atoms with Gasteiger partial charge in [0.1, 0.15) is 5.69 Å². The molecule has 2 heterocycles. The zero-order chi connectivity index (χ0) is 11.5. The van der Waals surface area contributed by atoms with Crippen LogP contribution in [-0.4, -0.2) is 40.2 Å². The normalized spacial score (nSPS) is 16.8. The summed E-state index contributed by atoms with van der Waals surface area (Å²) in [5.74, 6) is -0.838. The van der Waals surface area contributed by atoms with Gasteiger partial charge in [-0.05, 0) is 45.0 Å². The van der Waals surface area contributed by atoms with E-state index in [1.807, 2.05) is 17.6 Å². The summed E-state index contributed by atoms with van der Waals surface area (Å²) >= 11 is 0. The van der Waals surface area contributed by atoms with Crippen LogP contribution < -0.4 is 0 Å². The number of aryl methyl sites for hydroxylation is 1. The smallest absolute Gasteiger partial charge is 0.352 e. The number of nitrogens with zero attached hydrogens (tertiary/aromatic N) is 2. The molecule has 0 saturated carbocycles. The Morgan fingerprint density at radius 2 is 2.00 bits per heavy atom. The summed E-state index contributed by atoms with van der Waals surface area (Å²) in [4.78, 5) is 13.4. The van der Waals surface area contributed by atoms with Crippen molar-refractivity contribution in [3.8, 4) is 0 Å². The molecule has 4 heteroatoms. The van der Waals surface area contributed by atoms with Crippen molar-refractivity contribution in [2.45, 2.75) is 26.3 Å². The van der Waals surface area contributed by atoms with E-state index in [0.717, 1.165) is 31.9 Å². The fraction of sp³-hybridized carbons (Fsp3) is 0.583. The molecule has 0 amide bonds. The number of likely N-dealkylation sites (tertiary alicyclic amines) is 1. The van der Waals surface area contributed by atoms with E-state index < -0.39 is 5.97 Å². The van der Waals surface area contributed by atoms with E-state index in [1.165, 1.54) is 12.8 Å². The lowest BCUT2D eigenvalue weighted by atomic mass is 10.4. The Hall–Kier alpha value is -1.29. The maximum absolute atomic E-state index is 11.0. The van der Waals surface area contributed by atoms with Crippen molar-refractivity contribution in [3.63, 3.8) is 0 Å². The van der Waals surface area contributed by atoms with Gasteiger partial charge in [-0.2, -0.15) is 0 Å². The second-order valence-electron chi connectivity index (χ2n) is 4.37. The molecule has 0 atom stereocenters. The lowest BCUT2D eigenvalue weighted by Crippen LogP contribution is -2.25. The average molecular weight is 222 g/mol. The quantitative estimate of drug-likeness (QED) is 0.841. The third-order valence-electron chi connectivity index (χ3n) is 3.26. The summed E-state index contributed by atoms with van der Waals surface area (Å²) in [5.41, 5.74) is 1.42. The molecule has 2 rings (SSSR count). The van der Waals surface area contributed by atoms with Crippen LogP contribution in [0.25, 0.3) is 0 Å². The first-order chi connectivity index (χ1) is 7.68. The predicted molar refractivity (Wildman–Crippen MR) is 61.8 cm³/mol. The highest BCUT2D eigenvalue weighted by atomic mass is 16.4. The van der Waals surface area contributed by atoms with E-state index in [0.29, 0.717) is 5.69 Å². The van der Waals surface area contributed by atoms with Crippen molar-refractivity contribution in [3.05, 3.63) is 23.5 Å². The topological polar surface area (TPSA) is 45.5 Å². The Morgan fingerprint density at radius 3 is 2.62 bits per heavy atom. The van der Waals surface area contributed by atoms with Crippen LogP contribution in [0.5, 0.6) is 0 Å². The van der Waals surface area contributed by atoms with E-state index in [9.17, 15) is 4.79 Å². The fourth-order valence-corrected chi connectivity index (χ4v) is 2.30. The molecule has 88 valence electrons. The Labute approximate surface area is 95.5 Å². The van der Waals surface area contributed by atoms with Gasteiger partial charge < -0.3 is 14.6 Å².